The molecule has 0 bridgehead atoms. The number of likely N-dealkylation sites (tertiary alicyclic amines) is 2. The van der Waals surface area contributed by atoms with Gasteiger partial charge in [0.05, 0.1) is 5.41 Å². The van der Waals surface area contributed by atoms with E-state index < -0.39 is 5.41 Å². The van der Waals surface area contributed by atoms with Gasteiger partial charge in [0.2, 0.25) is 11.8 Å². The molecule has 1 aromatic rings. The molecule has 118 valence electrons. The zero-order chi connectivity index (χ0) is 15.7. The highest BCUT2D eigenvalue weighted by atomic mass is 19.1. The minimum absolute atomic E-state index is 0.0420. The third-order valence-corrected chi connectivity index (χ3v) is 4.91. The van der Waals surface area contributed by atoms with Crippen LogP contribution in [0.15, 0.2) is 24.3 Å². The van der Waals surface area contributed by atoms with Crippen LogP contribution in [-0.4, -0.2) is 41.2 Å². The Hall–Kier alpha value is -1.91. The molecule has 2 amide bonds. The zero-order valence-corrected chi connectivity index (χ0v) is 12.8. The van der Waals surface area contributed by atoms with Crippen molar-refractivity contribution in [3.63, 3.8) is 0 Å². The normalized spacial score (nSPS) is 25.1. The zero-order valence-electron chi connectivity index (χ0n) is 12.8. The Morgan fingerprint density at radius 1 is 1.23 bits per heavy atom. The van der Waals surface area contributed by atoms with Gasteiger partial charge in [-0.3, -0.25) is 9.59 Å². The van der Waals surface area contributed by atoms with E-state index in [-0.39, 0.29) is 17.6 Å². The Kier molecular flexibility index (Phi) is 3.89. The molecule has 0 N–H and O–H groups in total. The standard InChI is InChI=1S/C17H21FN2O2/c1-13(21)20-10-8-17(12-20)7-2-9-19(16(17)22)11-14-3-5-15(18)6-4-14/h3-6H,2,7-12H2,1H3/t17-/m1/s1. The van der Waals surface area contributed by atoms with Gasteiger partial charge in [0.15, 0.2) is 0 Å². The number of carbonyl (C=O) groups is 2. The van der Waals surface area contributed by atoms with E-state index in [2.05, 4.69) is 0 Å². The summed E-state index contributed by atoms with van der Waals surface area (Å²) in [6.07, 6.45) is 2.57. The second-order valence-electron chi connectivity index (χ2n) is 6.43. The van der Waals surface area contributed by atoms with Crippen molar-refractivity contribution >= 4 is 11.8 Å². The van der Waals surface area contributed by atoms with E-state index in [4.69, 9.17) is 0 Å². The molecule has 1 atom stereocenters. The quantitative estimate of drug-likeness (QED) is 0.840. The first kappa shape index (κ1) is 15.0. The van der Waals surface area contributed by atoms with E-state index in [0.29, 0.717) is 19.6 Å². The Morgan fingerprint density at radius 3 is 2.59 bits per heavy atom. The van der Waals surface area contributed by atoms with Crippen LogP contribution in [0.1, 0.15) is 31.7 Å². The van der Waals surface area contributed by atoms with Gasteiger partial charge in [-0.2, -0.15) is 0 Å². The predicted octanol–water partition coefficient (Wildman–Crippen LogP) is 2.19. The van der Waals surface area contributed by atoms with Gasteiger partial charge in [-0.05, 0) is 37.0 Å². The second-order valence-corrected chi connectivity index (χ2v) is 6.43. The molecule has 1 aromatic carbocycles. The lowest BCUT2D eigenvalue weighted by atomic mass is 9.78. The Bertz CT molecular complexity index is 587. The molecule has 2 heterocycles. The fourth-order valence-electron chi connectivity index (χ4n) is 3.63. The van der Waals surface area contributed by atoms with Gasteiger partial charge in [-0.25, -0.2) is 4.39 Å². The molecule has 4 nitrogen and oxygen atoms in total. The Morgan fingerprint density at radius 2 is 1.95 bits per heavy atom. The maximum absolute atomic E-state index is 13.0. The molecule has 0 aromatic heterocycles. The van der Waals surface area contributed by atoms with Crippen molar-refractivity contribution in [2.24, 2.45) is 5.41 Å². The van der Waals surface area contributed by atoms with Crippen molar-refractivity contribution in [3.05, 3.63) is 35.6 Å². The highest BCUT2D eigenvalue weighted by Gasteiger charge is 2.48. The molecule has 1 spiro atoms. The number of amides is 2. The smallest absolute Gasteiger partial charge is 0.230 e. The number of nitrogens with zero attached hydrogens (tertiary/aromatic N) is 2. The first-order chi connectivity index (χ1) is 10.5. The van der Waals surface area contributed by atoms with Gasteiger partial charge in [0.25, 0.3) is 0 Å². The van der Waals surface area contributed by atoms with Crippen LogP contribution in [-0.2, 0) is 16.1 Å². The van der Waals surface area contributed by atoms with Crippen molar-refractivity contribution in [1.82, 2.24) is 9.80 Å². The molecular formula is C17H21FN2O2. The lowest BCUT2D eigenvalue weighted by Gasteiger charge is -2.39. The largest absolute Gasteiger partial charge is 0.342 e. The van der Waals surface area contributed by atoms with E-state index in [1.54, 1.807) is 24.0 Å². The summed E-state index contributed by atoms with van der Waals surface area (Å²) in [5, 5.41) is 0. The molecule has 2 aliphatic heterocycles. The monoisotopic (exact) mass is 304 g/mol. The van der Waals surface area contributed by atoms with Crippen molar-refractivity contribution in [1.29, 1.82) is 0 Å². The molecule has 5 heteroatoms. The number of rotatable bonds is 2. The molecule has 2 aliphatic rings. The van der Waals surface area contributed by atoms with E-state index in [1.807, 2.05) is 4.90 Å². The van der Waals surface area contributed by atoms with Crippen molar-refractivity contribution in [2.75, 3.05) is 19.6 Å². The average Bonchev–Trinajstić information content (AvgIpc) is 2.92. The summed E-state index contributed by atoms with van der Waals surface area (Å²) in [4.78, 5) is 28.1. The summed E-state index contributed by atoms with van der Waals surface area (Å²) in [6.45, 7) is 4.02. The third kappa shape index (κ3) is 2.72. The van der Waals surface area contributed by atoms with E-state index in [9.17, 15) is 14.0 Å². The maximum atomic E-state index is 13.0. The lowest BCUT2D eigenvalue weighted by Crippen LogP contribution is -2.49. The summed E-state index contributed by atoms with van der Waals surface area (Å²) in [6, 6.07) is 6.29. The van der Waals surface area contributed by atoms with Gasteiger partial charge in [-0.1, -0.05) is 12.1 Å². The molecule has 0 radical (unpaired) electrons. The number of halogens is 1. The first-order valence-corrected chi connectivity index (χ1v) is 7.79. The summed E-state index contributed by atoms with van der Waals surface area (Å²) >= 11 is 0. The molecule has 0 aliphatic carbocycles. The van der Waals surface area contributed by atoms with Crippen LogP contribution in [0.5, 0.6) is 0 Å². The molecule has 2 fully saturated rings. The van der Waals surface area contributed by atoms with Gasteiger partial charge >= 0.3 is 0 Å². The lowest BCUT2D eigenvalue weighted by molar-refractivity contribution is -0.146. The average molecular weight is 304 g/mol. The van der Waals surface area contributed by atoms with Gasteiger partial charge in [0, 0.05) is 33.1 Å². The third-order valence-electron chi connectivity index (χ3n) is 4.91. The van der Waals surface area contributed by atoms with Crippen molar-refractivity contribution in [3.8, 4) is 0 Å². The summed E-state index contributed by atoms with van der Waals surface area (Å²) in [5.74, 6) is -0.0785. The van der Waals surface area contributed by atoms with Crippen LogP contribution in [0.4, 0.5) is 4.39 Å². The number of hydrogen-bond donors (Lipinski definition) is 0. The van der Waals surface area contributed by atoms with Crippen LogP contribution in [0.25, 0.3) is 0 Å². The molecule has 22 heavy (non-hydrogen) atoms. The molecule has 0 saturated carbocycles. The van der Waals surface area contributed by atoms with Crippen LogP contribution >= 0.6 is 0 Å². The minimum atomic E-state index is -0.399. The number of piperidine rings is 1. The van der Waals surface area contributed by atoms with Crippen molar-refractivity contribution < 1.29 is 14.0 Å². The second kappa shape index (κ2) is 5.71. The highest BCUT2D eigenvalue weighted by molar-refractivity contribution is 5.85. The fourth-order valence-corrected chi connectivity index (χ4v) is 3.63. The molecule has 0 unspecified atom stereocenters. The van der Waals surface area contributed by atoms with E-state index in [1.165, 1.54) is 12.1 Å². The van der Waals surface area contributed by atoms with Crippen LogP contribution in [0.3, 0.4) is 0 Å². The van der Waals surface area contributed by atoms with E-state index in [0.717, 1.165) is 31.4 Å². The van der Waals surface area contributed by atoms with Crippen LogP contribution < -0.4 is 0 Å². The Balaban J connectivity index is 1.73. The van der Waals surface area contributed by atoms with Crippen LogP contribution in [0, 0.1) is 11.2 Å². The van der Waals surface area contributed by atoms with Gasteiger partial charge < -0.3 is 9.80 Å². The van der Waals surface area contributed by atoms with Gasteiger partial charge in [-0.15, -0.1) is 0 Å². The maximum Gasteiger partial charge on any atom is 0.230 e. The SMILES string of the molecule is CC(=O)N1CC[C@]2(CCCN(Cc3ccc(F)cc3)C2=O)C1. The molecule has 2 saturated heterocycles. The fraction of sp³-hybridized carbons (Fsp3) is 0.529. The highest BCUT2D eigenvalue weighted by Crippen LogP contribution is 2.40. The summed E-state index contributed by atoms with van der Waals surface area (Å²) in [7, 11) is 0. The first-order valence-electron chi connectivity index (χ1n) is 7.79. The molecule has 3 rings (SSSR count). The number of carbonyl (C=O) groups excluding carboxylic acids is 2. The number of benzene rings is 1. The predicted molar refractivity (Wildman–Crippen MR) is 80.4 cm³/mol. The number of hydrogen-bond acceptors (Lipinski definition) is 2. The summed E-state index contributed by atoms with van der Waals surface area (Å²) < 4.78 is 13.0. The van der Waals surface area contributed by atoms with Crippen molar-refractivity contribution in [2.45, 2.75) is 32.7 Å². The molecular weight excluding hydrogens is 283 g/mol. The van der Waals surface area contributed by atoms with Gasteiger partial charge in [0.1, 0.15) is 5.82 Å². The van der Waals surface area contributed by atoms with E-state index >= 15 is 0 Å². The summed E-state index contributed by atoms with van der Waals surface area (Å²) in [5.41, 5.74) is 0.539. The minimum Gasteiger partial charge on any atom is -0.342 e. The van der Waals surface area contributed by atoms with Crippen LogP contribution in [0.2, 0.25) is 0 Å². The topological polar surface area (TPSA) is 40.6 Å². The Labute approximate surface area is 129 Å².